The number of benzene rings is 2. The second-order valence-electron chi connectivity index (χ2n) is 4.52. The molecule has 0 fully saturated rings. The van der Waals surface area contributed by atoms with Crippen molar-refractivity contribution in [1.82, 2.24) is 0 Å². The van der Waals surface area contributed by atoms with Crippen molar-refractivity contribution in [1.29, 1.82) is 0 Å². The van der Waals surface area contributed by atoms with Crippen LogP contribution in [0.4, 0.5) is 10.5 Å². The summed E-state index contributed by atoms with van der Waals surface area (Å²) in [4.78, 5) is 16.3. The second-order valence-corrected chi connectivity index (χ2v) is 4.52. The van der Waals surface area contributed by atoms with Gasteiger partial charge in [0, 0.05) is 5.69 Å². The maximum Gasteiger partial charge on any atom is 0.437 e. The van der Waals surface area contributed by atoms with Crippen LogP contribution in [-0.4, -0.2) is 18.9 Å². The molecule has 0 saturated heterocycles. The van der Waals surface area contributed by atoms with Crippen LogP contribution >= 0.6 is 0 Å². The van der Waals surface area contributed by atoms with Crippen molar-refractivity contribution >= 4 is 18.0 Å². The predicted molar refractivity (Wildman–Crippen MR) is 86.4 cm³/mol. The van der Waals surface area contributed by atoms with Gasteiger partial charge in [-0.25, -0.2) is 4.79 Å². The number of oxime groups is 1. The average molecular weight is 298 g/mol. The number of hydrogen-bond acceptors (Lipinski definition) is 4. The summed E-state index contributed by atoms with van der Waals surface area (Å²) in [6, 6.07) is 16.4. The minimum atomic E-state index is -0.644. The smallest absolute Gasteiger partial charge is 0.437 e. The van der Waals surface area contributed by atoms with Gasteiger partial charge < -0.3 is 4.74 Å². The molecule has 0 spiro atoms. The summed E-state index contributed by atoms with van der Waals surface area (Å²) in [5.41, 5.74) is 1.47. The summed E-state index contributed by atoms with van der Waals surface area (Å²) in [6.07, 6.45) is 1.78. The lowest BCUT2D eigenvalue weighted by Gasteiger charge is -2.06. The van der Waals surface area contributed by atoms with Crippen LogP contribution in [0.2, 0.25) is 0 Å². The second kappa shape index (κ2) is 8.46. The molecular formula is C17H18N2O3. The number of carbonyl (C=O) groups is 1. The molecule has 0 aliphatic carbocycles. The molecule has 0 aliphatic heterocycles. The summed E-state index contributed by atoms with van der Waals surface area (Å²) < 4.78 is 5.46. The number of carbonyl (C=O) groups excluding carboxylic acids is 1. The zero-order valence-corrected chi connectivity index (χ0v) is 12.4. The predicted octanol–water partition coefficient (Wildman–Crippen LogP) is 4.06. The van der Waals surface area contributed by atoms with E-state index in [9.17, 15) is 4.79 Å². The molecule has 0 saturated carbocycles. The Kier molecular flexibility index (Phi) is 5.99. The lowest BCUT2D eigenvalue weighted by molar-refractivity contribution is 0.167. The molecule has 1 amide bonds. The van der Waals surface area contributed by atoms with E-state index in [1.807, 2.05) is 37.3 Å². The Balaban J connectivity index is 1.80. The van der Waals surface area contributed by atoms with Crippen molar-refractivity contribution in [2.75, 3.05) is 11.9 Å². The summed E-state index contributed by atoms with van der Waals surface area (Å²) in [5, 5.41) is 6.22. The number of ether oxygens (including phenoxy) is 1. The van der Waals surface area contributed by atoms with E-state index in [-0.39, 0.29) is 0 Å². The van der Waals surface area contributed by atoms with Gasteiger partial charge in [-0.3, -0.25) is 10.2 Å². The normalized spacial score (nSPS) is 10.4. The Bertz CT molecular complexity index is 610. The Labute approximate surface area is 129 Å². The van der Waals surface area contributed by atoms with E-state index in [1.54, 1.807) is 24.3 Å². The summed E-state index contributed by atoms with van der Waals surface area (Å²) >= 11 is 0. The minimum Gasteiger partial charge on any atom is -0.494 e. The highest BCUT2D eigenvalue weighted by Gasteiger charge is 2.02. The molecule has 0 aromatic heterocycles. The van der Waals surface area contributed by atoms with Crippen LogP contribution in [0.1, 0.15) is 18.9 Å². The molecule has 0 bridgehead atoms. The van der Waals surface area contributed by atoms with Gasteiger partial charge in [-0.1, -0.05) is 42.4 Å². The average Bonchev–Trinajstić information content (AvgIpc) is 2.55. The Morgan fingerprint density at radius 2 is 1.86 bits per heavy atom. The van der Waals surface area contributed by atoms with E-state index < -0.39 is 6.09 Å². The molecule has 114 valence electrons. The van der Waals surface area contributed by atoms with E-state index in [4.69, 9.17) is 9.57 Å². The molecule has 1 N–H and O–H groups in total. The maximum atomic E-state index is 11.6. The lowest BCUT2D eigenvalue weighted by Crippen LogP contribution is -2.10. The highest BCUT2D eigenvalue weighted by atomic mass is 16.7. The Hall–Kier alpha value is -2.82. The van der Waals surface area contributed by atoms with Crippen LogP contribution in [0, 0.1) is 0 Å². The highest BCUT2D eigenvalue weighted by Crippen LogP contribution is 2.16. The van der Waals surface area contributed by atoms with Crippen molar-refractivity contribution in [3.05, 3.63) is 60.2 Å². The topological polar surface area (TPSA) is 59.9 Å². The van der Waals surface area contributed by atoms with Gasteiger partial charge in [0.2, 0.25) is 0 Å². The van der Waals surface area contributed by atoms with Gasteiger partial charge in [0.1, 0.15) is 5.75 Å². The molecule has 2 rings (SSSR count). The van der Waals surface area contributed by atoms with E-state index >= 15 is 0 Å². The Morgan fingerprint density at radius 1 is 1.14 bits per heavy atom. The van der Waals surface area contributed by atoms with Gasteiger partial charge >= 0.3 is 6.09 Å². The van der Waals surface area contributed by atoms with Crippen molar-refractivity contribution in [2.45, 2.75) is 13.3 Å². The third kappa shape index (κ3) is 5.28. The van der Waals surface area contributed by atoms with Crippen LogP contribution in [0.3, 0.4) is 0 Å². The first-order valence-electron chi connectivity index (χ1n) is 7.07. The number of nitrogens with zero attached hydrogens (tertiary/aromatic N) is 1. The third-order valence-electron chi connectivity index (χ3n) is 2.71. The van der Waals surface area contributed by atoms with E-state index in [0.717, 1.165) is 17.7 Å². The molecule has 5 heteroatoms. The van der Waals surface area contributed by atoms with Crippen LogP contribution in [0.15, 0.2) is 59.8 Å². The largest absolute Gasteiger partial charge is 0.494 e. The highest BCUT2D eigenvalue weighted by molar-refractivity contribution is 5.85. The first kappa shape index (κ1) is 15.6. The first-order valence-corrected chi connectivity index (χ1v) is 7.07. The van der Waals surface area contributed by atoms with Gasteiger partial charge in [-0.2, -0.15) is 0 Å². The fourth-order valence-electron chi connectivity index (χ4n) is 1.67. The fraction of sp³-hybridized carbons (Fsp3) is 0.176. The van der Waals surface area contributed by atoms with Crippen LogP contribution in [-0.2, 0) is 4.84 Å². The van der Waals surface area contributed by atoms with Crippen molar-refractivity contribution in [2.24, 2.45) is 5.16 Å². The zero-order valence-electron chi connectivity index (χ0n) is 12.4. The van der Waals surface area contributed by atoms with Gasteiger partial charge in [-0.05, 0) is 36.2 Å². The molecule has 0 aliphatic rings. The number of rotatable bonds is 6. The summed E-state index contributed by atoms with van der Waals surface area (Å²) in [7, 11) is 0. The van der Waals surface area contributed by atoms with Crippen molar-refractivity contribution in [3.8, 4) is 5.75 Å². The van der Waals surface area contributed by atoms with E-state index in [0.29, 0.717) is 12.3 Å². The minimum absolute atomic E-state index is 0.615. The molecule has 0 radical (unpaired) electrons. The lowest BCUT2D eigenvalue weighted by atomic mass is 10.2. The maximum absolute atomic E-state index is 11.6. The van der Waals surface area contributed by atoms with Gasteiger partial charge in [0.15, 0.2) is 0 Å². The van der Waals surface area contributed by atoms with E-state index in [1.165, 1.54) is 6.21 Å². The van der Waals surface area contributed by atoms with Crippen LogP contribution < -0.4 is 10.1 Å². The number of amides is 1. The molecule has 0 atom stereocenters. The molecule has 2 aromatic carbocycles. The monoisotopic (exact) mass is 298 g/mol. The van der Waals surface area contributed by atoms with Crippen LogP contribution in [0.5, 0.6) is 5.75 Å². The SMILES string of the molecule is CCCOc1ccc(NC(=O)ON=Cc2ccccc2)cc1. The molecule has 2 aromatic rings. The molecular weight excluding hydrogens is 280 g/mol. The Morgan fingerprint density at radius 3 is 2.55 bits per heavy atom. The molecule has 0 unspecified atom stereocenters. The zero-order chi connectivity index (χ0) is 15.6. The number of anilines is 1. The number of nitrogens with one attached hydrogen (secondary N) is 1. The molecule has 5 nitrogen and oxygen atoms in total. The summed E-state index contributed by atoms with van der Waals surface area (Å²) in [6.45, 7) is 2.71. The third-order valence-corrected chi connectivity index (χ3v) is 2.71. The van der Waals surface area contributed by atoms with Gasteiger partial charge in [0.05, 0.1) is 12.8 Å². The summed E-state index contributed by atoms with van der Waals surface area (Å²) in [5.74, 6) is 0.767. The van der Waals surface area contributed by atoms with Crippen LogP contribution in [0.25, 0.3) is 0 Å². The van der Waals surface area contributed by atoms with E-state index in [2.05, 4.69) is 10.5 Å². The number of hydrogen-bond donors (Lipinski definition) is 1. The molecule has 22 heavy (non-hydrogen) atoms. The van der Waals surface area contributed by atoms with Crippen molar-refractivity contribution < 1.29 is 14.4 Å². The van der Waals surface area contributed by atoms with Crippen molar-refractivity contribution in [3.63, 3.8) is 0 Å². The quantitative estimate of drug-likeness (QED) is 0.497. The van der Waals surface area contributed by atoms with Gasteiger partial charge in [0.25, 0.3) is 0 Å². The standard InChI is InChI=1S/C17H18N2O3/c1-2-12-21-16-10-8-15(9-11-16)19-17(20)22-18-13-14-6-4-3-5-7-14/h3-11,13H,2,12H2,1H3,(H,19,20). The first-order chi connectivity index (χ1) is 10.8. The fourth-order valence-corrected chi connectivity index (χ4v) is 1.67. The van der Waals surface area contributed by atoms with Gasteiger partial charge in [-0.15, -0.1) is 0 Å². The molecule has 0 heterocycles.